The molecule has 0 amide bonds. The van der Waals surface area contributed by atoms with Crippen LogP contribution in [0.5, 0.6) is 0 Å². The van der Waals surface area contributed by atoms with Gasteiger partial charge in [0.2, 0.25) is 0 Å². The molecule has 9 atom stereocenters. The van der Waals surface area contributed by atoms with Crippen LogP contribution in [0, 0.1) is 52.3 Å². The van der Waals surface area contributed by atoms with Crippen molar-refractivity contribution in [1.82, 2.24) is 5.32 Å². The van der Waals surface area contributed by atoms with E-state index in [0.717, 1.165) is 60.6 Å². The standard InChI is InChI=1S/C29H54N2/c1-20(2)7-6-8-21(3)25-11-12-26-24-10-9-22-19-23(31-18-17-30)13-15-28(22,4)27(24)14-16-29(25,26)5/h20-27,31H,6-19,30H2,1-5H3/t21?,22?,23-,24?,25+,26?,27?,28?,29+/m0/s1. The highest BCUT2D eigenvalue weighted by Gasteiger charge is 2.60. The second-order valence-electron chi connectivity index (χ2n) is 13.4. The van der Waals surface area contributed by atoms with Crippen LogP contribution in [0.15, 0.2) is 0 Å². The first-order valence-corrected chi connectivity index (χ1v) is 14.2. The third kappa shape index (κ3) is 4.51. The maximum absolute atomic E-state index is 5.76. The molecule has 0 heterocycles. The molecule has 3 N–H and O–H groups in total. The van der Waals surface area contributed by atoms with E-state index in [9.17, 15) is 0 Å². The zero-order chi connectivity index (χ0) is 22.2. The molecule has 0 aromatic carbocycles. The Labute approximate surface area is 194 Å². The summed E-state index contributed by atoms with van der Waals surface area (Å²) in [5.41, 5.74) is 7.02. The molecule has 0 aromatic rings. The minimum Gasteiger partial charge on any atom is -0.329 e. The molecule has 0 aliphatic heterocycles. The van der Waals surface area contributed by atoms with Crippen molar-refractivity contribution in [2.24, 2.45) is 58.0 Å². The minimum atomic E-state index is 0.617. The minimum absolute atomic E-state index is 0.617. The summed E-state index contributed by atoms with van der Waals surface area (Å²) in [5.74, 6) is 6.81. The van der Waals surface area contributed by atoms with Crippen molar-refractivity contribution in [3.05, 3.63) is 0 Å². The highest BCUT2D eigenvalue weighted by molar-refractivity contribution is 5.10. The fourth-order valence-corrected chi connectivity index (χ4v) is 9.76. The number of hydrogen-bond acceptors (Lipinski definition) is 2. The molecule has 6 unspecified atom stereocenters. The smallest absolute Gasteiger partial charge is 0.00770 e. The third-order valence-electron chi connectivity index (χ3n) is 11.4. The van der Waals surface area contributed by atoms with Crippen molar-refractivity contribution in [2.45, 2.75) is 118 Å². The maximum atomic E-state index is 5.76. The molecule has 0 saturated heterocycles. The summed E-state index contributed by atoms with van der Waals surface area (Å²) in [4.78, 5) is 0. The average molecular weight is 431 g/mol. The number of rotatable bonds is 8. The van der Waals surface area contributed by atoms with E-state index in [0.29, 0.717) is 10.8 Å². The second kappa shape index (κ2) is 9.65. The summed E-state index contributed by atoms with van der Waals surface area (Å²) in [7, 11) is 0. The highest BCUT2D eigenvalue weighted by atomic mass is 14.9. The van der Waals surface area contributed by atoms with Crippen LogP contribution in [0.4, 0.5) is 0 Å². The van der Waals surface area contributed by atoms with Gasteiger partial charge in [-0.25, -0.2) is 0 Å². The van der Waals surface area contributed by atoms with E-state index >= 15 is 0 Å². The summed E-state index contributed by atoms with van der Waals surface area (Å²) in [6.07, 6.45) is 17.7. The van der Waals surface area contributed by atoms with E-state index < -0.39 is 0 Å². The predicted octanol–water partition coefficient (Wildman–Crippen LogP) is 7.02. The molecule has 2 nitrogen and oxygen atoms in total. The van der Waals surface area contributed by atoms with E-state index in [4.69, 9.17) is 5.73 Å². The van der Waals surface area contributed by atoms with Gasteiger partial charge in [-0.1, -0.05) is 53.9 Å². The topological polar surface area (TPSA) is 38.0 Å². The first-order valence-electron chi connectivity index (χ1n) is 14.2. The van der Waals surface area contributed by atoms with Crippen molar-refractivity contribution in [1.29, 1.82) is 0 Å². The Hall–Kier alpha value is -0.0800. The van der Waals surface area contributed by atoms with Crippen molar-refractivity contribution < 1.29 is 0 Å². The summed E-state index contributed by atoms with van der Waals surface area (Å²) >= 11 is 0. The normalized spacial score (nSPS) is 45.8. The van der Waals surface area contributed by atoms with Crippen LogP contribution in [0.2, 0.25) is 0 Å². The van der Waals surface area contributed by atoms with Crippen LogP contribution in [0.3, 0.4) is 0 Å². The Morgan fingerprint density at radius 3 is 2.35 bits per heavy atom. The van der Waals surface area contributed by atoms with E-state index in [2.05, 4.69) is 39.9 Å². The van der Waals surface area contributed by atoms with Crippen LogP contribution in [0.25, 0.3) is 0 Å². The zero-order valence-corrected chi connectivity index (χ0v) is 21.6. The van der Waals surface area contributed by atoms with Gasteiger partial charge in [0.25, 0.3) is 0 Å². The van der Waals surface area contributed by atoms with Gasteiger partial charge in [0.1, 0.15) is 0 Å². The molecule has 0 bridgehead atoms. The van der Waals surface area contributed by atoms with Crippen LogP contribution < -0.4 is 11.1 Å². The number of nitrogens with one attached hydrogen (secondary N) is 1. The molecule has 31 heavy (non-hydrogen) atoms. The molecule has 0 spiro atoms. The fraction of sp³-hybridized carbons (Fsp3) is 1.00. The van der Waals surface area contributed by atoms with Crippen LogP contribution in [-0.2, 0) is 0 Å². The van der Waals surface area contributed by atoms with Crippen molar-refractivity contribution in [3.63, 3.8) is 0 Å². The van der Waals surface area contributed by atoms with E-state index in [1.165, 1.54) is 77.0 Å². The lowest BCUT2D eigenvalue weighted by Crippen LogP contribution is -2.55. The Kier molecular flexibility index (Phi) is 7.49. The Morgan fingerprint density at radius 2 is 1.61 bits per heavy atom. The molecule has 2 heteroatoms. The van der Waals surface area contributed by atoms with Gasteiger partial charge in [0, 0.05) is 19.1 Å². The van der Waals surface area contributed by atoms with Crippen molar-refractivity contribution >= 4 is 0 Å². The van der Waals surface area contributed by atoms with Crippen LogP contribution in [0.1, 0.15) is 112 Å². The molecule has 0 radical (unpaired) electrons. The Morgan fingerprint density at radius 1 is 0.871 bits per heavy atom. The number of fused-ring (bicyclic) bond motifs is 5. The number of nitrogens with two attached hydrogens (primary N) is 1. The summed E-state index contributed by atoms with van der Waals surface area (Å²) < 4.78 is 0. The second-order valence-corrected chi connectivity index (χ2v) is 13.4. The summed E-state index contributed by atoms with van der Waals surface area (Å²) in [6.45, 7) is 14.6. The van der Waals surface area contributed by atoms with Gasteiger partial charge in [-0.3, -0.25) is 0 Å². The van der Waals surface area contributed by atoms with Gasteiger partial charge in [-0.2, -0.15) is 0 Å². The van der Waals surface area contributed by atoms with Crippen molar-refractivity contribution in [2.75, 3.05) is 13.1 Å². The van der Waals surface area contributed by atoms with Gasteiger partial charge in [0.15, 0.2) is 0 Å². The molecule has 4 rings (SSSR count). The lowest BCUT2D eigenvalue weighted by molar-refractivity contribution is -0.117. The lowest BCUT2D eigenvalue weighted by atomic mass is 9.44. The molecule has 4 fully saturated rings. The van der Waals surface area contributed by atoms with Crippen LogP contribution in [-0.4, -0.2) is 19.1 Å². The monoisotopic (exact) mass is 430 g/mol. The van der Waals surface area contributed by atoms with E-state index in [1.54, 1.807) is 0 Å². The molecular formula is C29H54N2. The van der Waals surface area contributed by atoms with Gasteiger partial charge >= 0.3 is 0 Å². The van der Waals surface area contributed by atoms with E-state index in [-0.39, 0.29) is 0 Å². The molecule has 4 saturated carbocycles. The molecule has 0 aromatic heterocycles. The number of hydrogen-bond donors (Lipinski definition) is 2. The van der Waals surface area contributed by atoms with Crippen LogP contribution >= 0.6 is 0 Å². The van der Waals surface area contributed by atoms with Crippen molar-refractivity contribution in [3.8, 4) is 0 Å². The quantitative estimate of drug-likeness (QED) is 0.434. The largest absolute Gasteiger partial charge is 0.329 e. The molecule has 180 valence electrons. The average Bonchev–Trinajstić information content (AvgIpc) is 3.09. The molecular weight excluding hydrogens is 376 g/mol. The molecule has 4 aliphatic carbocycles. The summed E-state index contributed by atoms with van der Waals surface area (Å²) in [5, 5.41) is 3.75. The van der Waals surface area contributed by atoms with Gasteiger partial charge in [-0.05, 0) is 110 Å². The Balaban J connectivity index is 1.41. The maximum Gasteiger partial charge on any atom is 0.00770 e. The first kappa shape index (κ1) is 24.1. The first-order chi connectivity index (χ1) is 14.8. The fourth-order valence-electron chi connectivity index (χ4n) is 9.76. The predicted molar refractivity (Wildman–Crippen MR) is 134 cm³/mol. The van der Waals surface area contributed by atoms with Gasteiger partial charge in [0.05, 0.1) is 0 Å². The van der Waals surface area contributed by atoms with E-state index in [1.807, 2.05) is 0 Å². The van der Waals surface area contributed by atoms with Gasteiger partial charge in [-0.15, -0.1) is 0 Å². The third-order valence-corrected chi connectivity index (χ3v) is 11.4. The summed E-state index contributed by atoms with van der Waals surface area (Å²) in [6, 6.07) is 0.731. The molecule has 4 aliphatic rings. The SMILES string of the molecule is CC(C)CCCC(C)[C@H]1CCC2C3CCC4C[C@@H](NCCN)CCC4(C)C3CC[C@@]21C. The lowest BCUT2D eigenvalue weighted by Gasteiger charge is -2.61. The Bertz CT molecular complexity index is 587. The highest BCUT2D eigenvalue weighted by Crippen LogP contribution is 2.68. The van der Waals surface area contributed by atoms with Gasteiger partial charge < -0.3 is 11.1 Å². The zero-order valence-electron chi connectivity index (χ0n) is 21.6.